The van der Waals surface area contributed by atoms with Crippen LogP contribution in [0.4, 0.5) is 5.69 Å². The van der Waals surface area contributed by atoms with E-state index in [0.717, 1.165) is 15.6 Å². The quantitative estimate of drug-likeness (QED) is 0.104. The number of halogens is 2. The first-order valence-electron chi connectivity index (χ1n) is 12.0. The first kappa shape index (κ1) is 27.2. The number of rotatable bonds is 8. The monoisotopic (exact) mass is 658 g/mol. The van der Waals surface area contributed by atoms with Crippen molar-refractivity contribution in [2.45, 2.75) is 6.61 Å². The molecule has 10 heteroatoms. The van der Waals surface area contributed by atoms with Crippen molar-refractivity contribution in [3.8, 4) is 17.0 Å². The Kier molecular flexibility index (Phi) is 8.28. The second-order valence-electron chi connectivity index (χ2n) is 8.66. The van der Waals surface area contributed by atoms with E-state index in [0.29, 0.717) is 32.2 Å². The second-order valence-corrected chi connectivity index (χ2v) is 10.4. The average Bonchev–Trinajstić information content (AvgIpc) is 2.97. The number of hydrazone groups is 1. The highest BCUT2D eigenvalue weighted by Gasteiger charge is 2.20. The summed E-state index contributed by atoms with van der Waals surface area (Å²) in [5.74, 6) is -0.333. The molecule has 4 aromatic carbocycles. The molecule has 1 aromatic heterocycles. The number of pyridine rings is 1. The number of amides is 1. The standard InChI is InChI=1S/C30H20Br2N4O4/c31-22-12-10-19(11-13-22)18-40-29-25(32)14-20(15-28(29)36(38)39)17-33-35-30(37)24-16-27(21-6-2-1-3-7-21)34-26-9-5-4-8-23(24)26/h1-17H,18H2,(H,35,37)/b33-17-. The number of hydrogen-bond acceptors (Lipinski definition) is 6. The lowest BCUT2D eigenvalue weighted by molar-refractivity contribution is -0.386. The van der Waals surface area contributed by atoms with E-state index in [1.807, 2.05) is 78.9 Å². The maximum atomic E-state index is 13.2. The molecule has 0 fully saturated rings. The van der Waals surface area contributed by atoms with E-state index < -0.39 is 10.8 Å². The summed E-state index contributed by atoms with van der Waals surface area (Å²) in [7, 11) is 0. The van der Waals surface area contributed by atoms with Gasteiger partial charge >= 0.3 is 5.69 Å². The molecule has 40 heavy (non-hydrogen) atoms. The van der Waals surface area contributed by atoms with Crippen molar-refractivity contribution in [3.63, 3.8) is 0 Å². The fourth-order valence-electron chi connectivity index (χ4n) is 4.03. The van der Waals surface area contributed by atoms with Crippen molar-refractivity contribution < 1.29 is 14.5 Å². The number of para-hydroxylation sites is 1. The number of ether oxygens (including phenoxy) is 1. The van der Waals surface area contributed by atoms with E-state index in [4.69, 9.17) is 9.72 Å². The molecule has 198 valence electrons. The van der Waals surface area contributed by atoms with Crippen molar-refractivity contribution in [2.24, 2.45) is 5.10 Å². The molecule has 0 saturated carbocycles. The molecule has 0 saturated heterocycles. The molecule has 5 aromatic rings. The summed E-state index contributed by atoms with van der Waals surface area (Å²) in [5, 5.41) is 16.5. The van der Waals surface area contributed by atoms with Crippen LogP contribution in [0.1, 0.15) is 21.5 Å². The predicted molar refractivity (Wildman–Crippen MR) is 162 cm³/mol. The minimum Gasteiger partial charge on any atom is -0.481 e. The van der Waals surface area contributed by atoms with Crippen LogP contribution in [0, 0.1) is 10.1 Å². The first-order chi connectivity index (χ1) is 19.4. The summed E-state index contributed by atoms with van der Waals surface area (Å²) < 4.78 is 7.09. The molecular weight excluding hydrogens is 640 g/mol. The third-order valence-corrected chi connectivity index (χ3v) is 7.07. The normalized spacial score (nSPS) is 11.1. The number of nitrogens with one attached hydrogen (secondary N) is 1. The number of carbonyl (C=O) groups is 1. The summed E-state index contributed by atoms with van der Waals surface area (Å²) in [6.07, 6.45) is 1.34. The molecule has 0 unspecified atom stereocenters. The van der Waals surface area contributed by atoms with Crippen molar-refractivity contribution in [3.05, 3.63) is 133 Å². The van der Waals surface area contributed by atoms with E-state index in [-0.39, 0.29) is 18.0 Å². The van der Waals surface area contributed by atoms with Gasteiger partial charge in [-0.3, -0.25) is 14.9 Å². The average molecular weight is 660 g/mol. The topological polar surface area (TPSA) is 107 Å². The maximum Gasteiger partial charge on any atom is 0.312 e. The van der Waals surface area contributed by atoms with E-state index in [2.05, 4.69) is 42.4 Å². The predicted octanol–water partition coefficient (Wildman–Crippen LogP) is 7.68. The van der Waals surface area contributed by atoms with Gasteiger partial charge in [0.1, 0.15) is 6.61 Å². The molecule has 0 aliphatic carbocycles. The molecule has 5 rings (SSSR count). The summed E-state index contributed by atoms with van der Waals surface area (Å²) in [4.78, 5) is 29.2. The Balaban J connectivity index is 1.37. The molecule has 1 N–H and O–H groups in total. The van der Waals surface area contributed by atoms with Crippen LogP contribution in [0.5, 0.6) is 5.75 Å². The molecule has 0 aliphatic rings. The van der Waals surface area contributed by atoms with Gasteiger partial charge < -0.3 is 4.74 Å². The van der Waals surface area contributed by atoms with E-state index >= 15 is 0 Å². The Morgan fingerprint density at radius 2 is 1.70 bits per heavy atom. The highest BCUT2D eigenvalue weighted by atomic mass is 79.9. The molecule has 0 spiro atoms. The number of fused-ring (bicyclic) bond motifs is 1. The summed E-state index contributed by atoms with van der Waals surface area (Å²) in [5.41, 5.74) is 6.19. The highest BCUT2D eigenvalue weighted by molar-refractivity contribution is 9.10. The van der Waals surface area contributed by atoms with Crippen LogP contribution in [-0.4, -0.2) is 22.0 Å². The van der Waals surface area contributed by atoms with Gasteiger partial charge in [-0.2, -0.15) is 5.10 Å². The third kappa shape index (κ3) is 6.24. The Morgan fingerprint density at radius 3 is 2.45 bits per heavy atom. The van der Waals surface area contributed by atoms with Crippen molar-refractivity contribution in [1.82, 2.24) is 10.4 Å². The van der Waals surface area contributed by atoms with Crippen LogP contribution in [0.15, 0.2) is 111 Å². The number of nitrogens with zero attached hydrogens (tertiary/aromatic N) is 3. The van der Waals surface area contributed by atoms with Crippen molar-refractivity contribution >= 4 is 60.6 Å². The van der Waals surface area contributed by atoms with Crippen LogP contribution < -0.4 is 10.2 Å². The van der Waals surface area contributed by atoms with Crippen LogP contribution in [0.3, 0.4) is 0 Å². The van der Waals surface area contributed by atoms with Crippen LogP contribution in [0.25, 0.3) is 22.2 Å². The Morgan fingerprint density at radius 1 is 0.975 bits per heavy atom. The molecule has 0 bridgehead atoms. The number of nitro benzene ring substituents is 1. The second kappa shape index (κ2) is 12.2. The zero-order valence-corrected chi connectivity index (χ0v) is 23.9. The number of benzene rings is 4. The first-order valence-corrected chi connectivity index (χ1v) is 13.6. The SMILES string of the molecule is O=C(N/N=C\c1cc(Br)c(OCc2ccc(Br)cc2)c([N+](=O)[O-])c1)c1cc(-c2ccccc2)nc2ccccc12. The third-order valence-electron chi connectivity index (χ3n) is 5.95. The van der Waals surface area contributed by atoms with Crippen LogP contribution in [0.2, 0.25) is 0 Å². The van der Waals surface area contributed by atoms with E-state index in [1.54, 1.807) is 12.1 Å². The fraction of sp³-hybridized carbons (Fsp3) is 0.0333. The van der Waals surface area contributed by atoms with Gasteiger partial charge in [-0.15, -0.1) is 0 Å². The molecule has 0 radical (unpaired) electrons. The van der Waals surface area contributed by atoms with Crippen molar-refractivity contribution in [2.75, 3.05) is 0 Å². The molecule has 1 amide bonds. The van der Waals surface area contributed by atoms with Gasteiger partial charge in [0.05, 0.1) is 32.4 Å². The zero-order chi connectivity index (χ0) is 28.1. The van der Waals surface area contributed by atoms with Crippen LogP contribution >= 0.6 is 31.9 Å². The lowest BCUT2D eigenvalue weighted by Gasteiger charge is -2.10. The molecule has 1 heterocycles. The molecule has 0 atom stereocenters. The molecule has 8 nitrogen and oxygen atoms in total. The smallest absolute Gasteiger partial charge is 0.312 e. The Hall–Kier alpha value is -4.41. The largest absolute Gasteiger partial charge is 0.481 e. The zero-order valence-electron chi connectivity index (χ0n) is 20.8. The Bertz CT molecular complexity index is 1740. The van der Waals surface area contributed by atoms with Gasteiger partial charge in [0, 0.05) is 27.1 Å². The summed E-state index contributed by atoms with van der Waals surface area (Å²) in [6, 6.07) is 29.1. The fourth-order valence-corrected chi connectivity index (χ4v) is 4.88. The van der Waals surface area contributed by atoms with Crippen molar-refractivity contribution in [1.29, 1.82) is 0 Å². The van der Waals surface area contributed by atoms with E-state index in [9.17, 15) is 14.9 Å². The van der Waals surface area contributed by atoms with E-state index in [1.165, 1.54) is 12.3 Å². The summed E-state index contributed by atoms with van der Waals surface area (Å²) in [6.45, 7) is 0.154. The summed E-state index contributed by atoms with van der Waals surface area (Å²) >= 11 is 6.75. The molecular formula is C30H20Br2N4O4. The van der Waals surface area contributed by atoms with Gasteiger partial charge in [0.15, 0.2) is 0 Å². The van der Waals surface area contributed by atoms with Gasteiger partial charge in [-0.1, -0.05) is 76.6 Å². The Labute approximate surface area is 246 Å². The highest BCUT2D eigenvalue weighted by Crippen LogP contribution is 2.36. The minimum atomic E-state index is -0.522. The number of hydrogen-bond donors (Lipinski definition) is 1. The molecule has 0 aliphatic heterocycles. The number of aromatic nitrogens is 1. The van der Waals surface area contributed by atoms with Gasteiger partial charge in [-0.25, -0.2) is 10.4 Å². The maximum absolute atomic E-state index is 13.2. The number of nitro groups is 1. The minimum absolute atomic E-state index is 0.103. The van der Waals surface area contributed by atoms with Crippen LogP contribution in [-0.2, 0) is 6.61 Å². The van der Waals surface area contributed by atoms with Gasteiger partial charge in [0.25, 0.3) is 5.91 Å². The van der Waals surface area contributed by atoms with Gasteiger partial charge in [-0.05, 0) is 51.8 Å². The lowest BCUT2D eigenvalue weighted by Crippen LogP contribution is -2.18. The lowest BCUT2D eigenvalue weighted by atomic mass is 10.0. The number of carbonyl (C=O) groups excluding carboxylic acids is 1. The van der Waals surface area contributed by atoms with Gasteiger partial charge in [0.2, 0.25) is 5.75 Å².